The molecule has 6 rings (SSSR count). The van der Waals surface area contributed by atoms with E-state index in [1.165, 1.54) is 31.2 Å². The number of hydrogen-bond acceptors (Lipinski definition) is 20. The van der Waals surface area contributed by atoms with Crippen molar-refractivity contribution in [3.8, 4) is 34.3 Å². The minimum absolute atomic E-state index is 0.0982. The lowest BCUT2D eigenvalue weighted by Crippen LogP contribution is -2.64. The van der Waals surface area contributed by atoms with Crippen molar-refractivity contribution in [1.82, 2.24) is 0 Å². The van der Waals surface area contributed by atoms with E-state index < -0.39 is 128 Å². The Kier molecular flexibility index (Phi) is 11.5. The molecule has 0 spiro atoms. The Balaban J connectivity index is 1.41. The Bertz CT molecular complexity index is 1780. The van der Waals surface area contributed by atoms with E-state index in [2.05, 4.69) is 0 Å². The summed E-state index contributed by atoms with van der Waals surface area (Å²) in [6.07, 6.45) is -25.3. The van der Waals surface area contributed by atoms with Gasteiger partial charge in [0.1, 0.15) is 89.3 Å². The number of phenols is 2. The molecule has 1 aromatic heterocycles. The summed E-state index contributed by atoms with van der Waals surface area (Å²) in [6.45, 7) is -0.235. The average molecular weight is 757 g/mol. The van der Waals surface area contributed by atoms with Gasteiger partial charge >= 0.3 is 0 Å². The summed E-state index contributed by atoms with van der Waals surface area (Å²) < 4.78 is 39.9. The second kappa shape index (κ2) is 15.6. The van der Waals surface area contributed by atoms with E-state index in [9.17, 15) is 66.1 Å². The summed E-state index contributed by atoms with van der Waals surface area (Å²) in [5, 5.41) is 123. The van der Waals surface area contributed by atoms with Gasteiger partial charge in [-0.05, 0) is 31.2 Å². The maximum absolute atomic E-state index is 14.2. The number of fused-ring (bicyclic) bond motifs is 1. The van der Waals surface area contributed by atoms with E-state index in [0.717, 1.165) is 12.1 Å². The summed E-state index contributed by atoms with van der Waals surface area (Å²) in [5.41, 5.74) is -1.30. The van der Waals surface area contributed by atoms with Crippen LogP contribution in [0.4, 0.5) is 0 Å². The summed E-state index contributed by atoms with van der Waals surface area (Å²) >= 11 is 0. The Morgan fingerprint density at radius 1 is 0.660 bits per heavy atom. The number of hydrogen-bond donors (Lipinski definition) is 12. The zero-order valence-electron chi connectivity index (χ0n) is 27.7. The maximum atomic E-state index is 14.2. The van der Waals surface area contributed by atoms with Crippen LogP contribution in [0.1, 0.15) is 6.92 Å². The molecule has 20 nitrogen and oxygen atoms in total. The van der Waals surface area contributed by atoms with E-state index in [1.54, 1.807) is 0 Å². The number of rotatable bonds is 9. The molecule has 0 radical (unpaired) electrons. The zero-order valence-corrected chi connectivity index (χ0v) is 27.7. The molecule has 12 N–H and O–H groups in total. The highest BCUT2D eigenvalue weighted by atomic mass is 16.8. The number of aromatic hydroxyl groups is 2. The third-order valence-electron chi connectivity index (χ3n) is 9.29. The predicted octanol–water partition coefficient (Wildman–Crippen LogP) is -3.92. The van der Waals surface area contributed by atoms with E-state index >= 15 is 0 Å². The number of aliphatic hydroxyl groups is 10. The third kappa shape index (κ3) is 7.39. The van der Waals surface area contributed by atoms with Gasteiger partial charge in [-0.2, -0.15) is 0 Å². The number of aliphatic hydroxyl groups excluding tert-OH is 10. The van der Waals surface area contributed by atoms with Crippen molar-refractivity contribution in [2.24, 2.45) is 0 Å². The molecule has 2 aromatic carbocycles. The molecule has 3 aromatic rings. The van der Waals surface area contributed by atoms with E-state index in [4.69, 9.17) is 32.8 Å². The van der Waals surface area contributed by atoms with Gasteiger partial charge < -0.3 is 94.1 Å². The SMILES string of the molecule is CC1OC(OC2C(Oc3c(-c4ccc(O)cc4)oc4cc(OC5OC(CO)C(O)C(O)C5O)cc(O)c4c3=O)OC(CO)C(O)C2O)C(O)C(O)C1O. The predicted molar refractivity (Wildman–Crippen MR) is 171 cm³/mol. The van der Waals surface area contributed by atoms with Crippen LogP contribution >= 0.6 is 0 Å². The molecule has 3 saturated heterocycles. The van der Waals surface area contributed by atoms with Crippen molar-refractivity contribution >= 4 is 11.0 Å². The van der Waals surface area contributed by atoms with Gasteiger partial charge in [0.05, 0.1) is 19.3 Å². The van der Waals surface area contributed by atoms with Crippen molar-refractivity contribution in [3.63, 3.8) is 0 Å². The first kappa shape index (κ1) is 39.0. The first-order valence-electron chi connectivity index (χ1n) is 16.4. The third-order valence-corrected chi connectivity index (χ3v) is 9.29. The Labute approximate surface area is 298 Å². The average Bonchev–Trinajstić information content (AvgIpc) is 3.13. The van der Waals surface area contributed by atoms with Crippen LogP contribution in [0.3, 0.4) is 0 Å². The van der Waals surface area contributed by atoms with Crippen LogP contribution in [0, 0.1) is 0 Å². The molecule has 0 aliphatic carbocycles. The molecule has 292 valence electrons. The lowest BCUT2D eigenvalue weighted by Gasteiger charge is -2.45. The van der Waals surface area contributed by atoms with Gasteiger partial charge in [-0.15, -0.1) is 0 Å². The maximum Gasteiger partial charge on any atom is 0.239 e. The fourth-order valence-electron chi connectivity index (χ4n) is 6.23. The van der Waals surface area contributed by atoms with Crippen LogP contribution < -0.4 is 14.9 Å². The molecule has 3 aliphatic heterocycles. The van der Waals surface area contributed by atoms with Crippen molar-refractivity contribution < 1.29 is 94.1 Å². The molecule has 0 saturated carbocycles. The second-order valence-corrected chi connectivity index (χ2v) is 12.9. The smallest absolute Gasteiger partial charge is 0.239 e. The van der Waals surface area contributed by atoms with Gasteiger partial charge in [0.2, 0.25) is 23.8 Å². The Morgan fingerprint density at radius 2 is 1.25 bits per heavy atom. The van der Waals surface area contributed by atoms with Crippen LogP contribution in [0.25, 0.3) is 22.3 Å². The lowest BCUT2D eigenvalue weighted by molar-refractivity contribution is -0.354. The molecule has 0 bridgehead atoms. The van der Waals surface area contributed by atoms with Crippen LogP contribution in [0.5, 0.6) is 23.0 Å². The van der Waals surface area contributed by atoms with Crippen molar-refractivity contribution in [2.45, 2.75) is 99.0 Å². The van der Waals surface area contributed by atoms with Gasteiger partial charge in [0.25, 0.3) is 0 Å². The van der Waals surface area contributed by atoms with E-state index in [-0.39, 0.29) is 28.4 Å². The highest BCUT2D eigenvalue weighted by Gasteiger charge is 2.51. The van der Waals surface area contributed by atoms with Crippen LogP contribution in [0.2, 0.25) is 0 Å². The molecular formula is C33H40O20. The molecule has 3 fully saturated rings. The number of phenolic OH excluding ortho intramolecular Hbond substituents is 2. The van der Waals surface area contributed by atoms with Crippen LogP contribution in [-0.2, 0) is 18.9 Å². The summed E-state index contributed by atoms with van der Waals surface area (Å²) in [4.78, 5) is 14.2. The fraction of sp³-hybridized carbons (Fsp3) is 0.545. The largest absolute Gasteiger partial charge is 0.508 e. The Hall–Kier alpha value is -3.71. The van der Waals surface area contributed by atoms with Crippen molar-refractivity contribution in [1.29, 1.82) is 0 Å². The lowest BCUT2D eigenvalue weighted by atomic mass is 9.97. The minimum Gasteiger partial charge on any atom is -0.508 e. The quantitative estimate of drug-likeness (QED) is 0.0992. The van der Waals surface area contributed by atoms with Crippen molar-refractivity contribution in [2.75, 3.05) is 13.2 Å². The van der Waals surface area contributed by atoms with Crippen LogP contribution in [0.15, 0.2) is 45.6 Å². The molecule has 15 unspecified atom stereocenters. The molecular weight excluding hydrogens is 716 g/mol. The van der Waals surface area contributed by atoms with E-state index in [0.29, 0.717) is 0 Å². The summed E-state index contributed by atoms with van der Waals surface area (Å²) in [5.74, 6) is -2.26. The normalized spacial score (nSPS) is 37.8. The topological polar surface area (TPSA) is 328 Å². The van der Waals surface area contributed by atoms with Gasteiger partial charge in [-0.25, -0.2) is 0 Å². The van der Waals surface area contributed by atoms with E-state index in [1.807, 2.05) is 0 Å². The van der Waals surface area contributed by atoms with Gasteiger partial charge in [-0.1, -0.05) is 0 Å². The molecule has 4 heterocycles. The highest BCUT2D eigenvalue weighted by Crippen LogP contribution is 2.39. The fourth-order valence-corrected chi connectivity index (χ4v) is 6.23. The minimum atomic E-state index is -1.94. The first-order chi connectivity index (χ1) is 25.1. The molecule has 15 atom stereocenters. The standard InChI is InChI=1S/C33H40O20/c1-10-19(38)23(42)26(45)31(47-10)53-30-25(44)21(40)17(9-35)51-33(30)52-29-22(41)18-14(37)6-13(48-32-27(46)24(43)20(39)16(8-34)50-32)7-15(18)49-28(29)11-2-4-12(36)5-3-11/h2-7,10,16-17,19-21,23-27,30-40,42-46H,8-9H2,1H3. The number of ether oxygens (including phenoxy) is 6. The summed E-state index contributed by atoms with van der Waals surface area (Å²) in [7, 11) is 0. The summed E-state index contributed by atoms with van der Waals surface area (Å²) in [6, 6.07) is 7.18. The molecule has 53 heavy (non-hydrogen) atoms. The monoisotopic (exact) mass is 756 g/mol. The highest BCUT2D eigenvalue weighted by molar-refractivity contribution is 5.88. The van der Waals surface area contributed by atoms with Gasteiger partial charge in [-0.3, -0.25) is 4.79 Å². The Morgan fingerprint density at radius 3 is 1.89 bits per heavy atom. The number of benzene rings is 2. The first-order valence-corrected chi connectivity index (χ1v) is 16.4. The zero-order chi connectivity index (χ0) is 38.5. The van der Waals surface area contributed by atoms with Gasteiger partial charge in [0.15, 0.2) is 18.2 Å². The van der Waals surface area contributed by atoms with Gasteiger partial charge in [0, 0.05) is 17.7 Å². The molecule has 0 amide bonds. The van der Waals surface area contributed by atoms with Crippen molar-refractivity contribution in [3.05, 3.63) is 46.6 Å². The van der Waals surface area contributed by atoms with Crippen LogP contribution in [-0.4, -0.2) is 167 Å². The molecule has 3 aliphatic rings. The molecule has 20 heteroatoms. The second-order valence-electron chi connectivity index (χ2n) is 12.9.